The summed E-state index contributed by atoms with van der Waals surface area (Å²) >= 11 is 0. The van der Waals surface area contributed by atoms with Crippen LogP contribution in [0.15, 0.2) is 30.3 Å². The van der Waals surface area contributed by atoms with E-state index in [9.17, 15) is 13.6 Å². The summed E-state index contributed by atoms with van der Waals surface area (Å²) in [5.74, 6) is -1.85. The number of nitrogen functional groups attached to an aromatic ring is 1. The van der Waals surface area contributed by atoms with Gasteiger partial charge in [-0.3, -0.25) is 4.79 Å². The zero-order valence-corrected chi connectivity index (χ0v) is 14.4. The van der Waals surface area contributed by atoms with Crippen LogP contribution >= 0.6 is 0 Å². The fourth-order valence-electron chi connectivity index (χ4n) is 2.94. The predicted molar refractivity (Wildman–Crippen MR) is 96.3 cm³/mol. The third-order valence-electron chi connectivity index (χ3n) is 4.50. The van der Waals surface area contributed by atoms with Crippen LogP contribution in [0, 0.1) is 11.6 Å². The first-order valence-electron chi connectivity index (χ1n) is 8.39. The molecular formula is C19H16F2N4O2. The highest BCUT2D eigenvalue weighted by Crippen LogP contribution is 2.36. The topological polar surface area (TPSA) is 90.1 Å². The van der Waals surface area contributed by atoms with E-state index >= 15 is 0 Å². The smallest absolute Gasteiger partial charge is 0.274 e. The number of nitrogens with one attached hydrogen (secondary N) is 1. The van der Waals surface area contributed by atoms with Gasteiger partial charge in [0.05, 0.1) is 12.8 Å². The Kier molecular flexibility index (Phi) is 4.10. The van der Waals surface area contributed by atoms with Gasteiger partial charge in [-0.05, 0) is 31.0 Å². The van der Waals surface area contributed by atoms with Gasteiger partial charge in [-0.15, -0.1) is 10.2 Å². The minimum Gasteiger partial charge on any atom is -0.494 e. The van der Waals surface area contributed by atoms with Crippen molar-refractivity contribution in [3.05, 3.63) is 47.7 Å². The van der Waals surface area contributed by atoms with E-state index in [0.29, 0.717) is 5.39 Å². The molecule has 0 spiro atoms. The van der Waals surface area contributed by atoms with Gasteiger partial charge in [-0.25, -0.2) is 8.78 Å². The summed E-state index contributed by atoms with van der Waals surface area (Å²) < 4.78 is 34.3. The molecule has 0 saturated heterocycles. The number of anilines is 1. The van der Waals surface area contributed by atoms with Crippen molar-refractivity contribution >= 4 is 22.5 Å². The van der Waals surface area contributed by atoms with Crippen LogP contribution in [0.2, 0.25) is 0 Å². The Morgan fingerprint density at radius 3 is 2.70 bits per heavy atom. The van der Waals surface area contributed by atoms with Crippen molar-refractivity contribution in [3.8, 4) is 16.9 Å². The number of rotatable bonds is 4. The molecule has 0 radical (unpaired) electrons. The molecule has 0 atom stereocenters. The van der Waals surface area contributed by atoms with Crippen LogP contribution in [-0.4, -0.2) is 29.3 Å². The number of carbonyl (C=O) groups is 1. The van der Waals surface area contributed by atoms with E-state index in [1.165, 1.54) is 25.3 Å². The summed E-state index contributed by atoms with van der Waals surface area (Å²) in [5.41, 5.74) is 6.10. The summed E-state index contributed by atoms with van der Waals surface area (Å²) in [4.78, 5) is 12.3. The second-order valence-electron chi connectivity index (χ2n) is 6.35. The number of benzene rings is 2. The minimum atomic E-state index is -0.720. The number of amides is 1. The Morgan fingerprint density at radius 1 is 1.22 bits per heavy atom. The molecule has 6 nitrogen and oxygen atoms in total. The highest BCUT2D eigenvalue weighted by molar-refractivity contribution is 6.07. The minimum absolute atomic E-state index is 0.0229. The lowest BCUT2D eigenvalue weighted by Gasteiger charge is -2.13. The predicted octanol–water partition coefficient (Wildman–Crippen LogP) is 3.06. The van der Waals surface area contributed by atoms with E-state index in [1.807, 2.05) is 0 Å². The maximum Gasteiger partial charge on any atom is 0.274 e. The Bertz CT molecular complexity index is 1070. The SMILES string of the molecule is COc1cccc(-c2c(F)ccc3c(N)c(C(=O)NC4CC4)nnc23)c1F. The number of nitrogens with two attached hydrogens (primary N) is 1. The normalized spacial score (nSPS) is 13.6. The van der Waals surface area contributed by atoms with E-state index in [4.69, 9.17) is 10.5 Å². The van der Waals surface area contributed by atoms with Gasteiger partial charge in [0.25, 0.3) is 5.91 Å². The number of hydrogen-bond acceptors (Lipinski definition) is 5. The molecule has 1 aliphatic carbocycles. The molecule has 27 heavy (non-hydrogen) atoms. The maximum absolute atomic E-state index is 14.7. The van der Waals surface area contributed by atoms with Gasteiger partial charge in [-0.1, -0.05) is 12.1 Å². The molecule has 1 aromatic heterocycles. The first-order chi connectivity index (χ1) is 13.0. The summed E-state index contributed by atoms with van der Waals surface area (Å²) in [6.07, 6.45) is 1.83. The van der Waals surface area contributed by atoms with Crippen molar-refractivity contribution in [1.82, 2.24) is 15.5 Å². The molecule has 4 rings (SSSR count). The van der Waals surface area contributed by atoms with Gasteiger partial charge >= 0.3 is 0 Å². The van der Waals surface area contributed by atoms with Crippen LogP contribution in [0.1, 0.15) is 23.3 Å². The zero-order valence-electron chi connectivity index (χ0n) is 14.4. The molecule has 3 aromatic rings. The molecule has 0 aliphatic heterocycles. The number of ether oxygens (including phenoxy) is 1. The summed E-state index contributed by atoms with van der Waals surface area (Å²) in [5, 5.41) is 11.0. The summed E-state index contributed by atoms with van der Waals surface area (Å²) in [6.45, 7) is 0. The third-order valence-corrected chi connectivity index (χ3v) is 4.50. The monoisotopic (exact) mass is 370 g/mol. The number of fused-ring (bicyclic) bond motifs is 1. The average Bonchev–Trinajstić information content (AvgIpc) is 3.46. The number of nitrogens with zero attached hydrogens (tertiary/aromatic N) is 2. The van der Waals surface area contributed by atoms with E-state index in [0.717, 1.165) is 18.9 Å². The van der Waals surface area contributed by atoms with Gasteiger partial charge in [0, 0.05) is 22.6 Å². The number of hydrogen-bond donors (Lipinski definition) is 2. The highest BCUT2D eigenvalue weighted by atomic mass is 19.1. The first kappa shape index (κ1) is 17.1. The molecule has 0 bridgehead atoms. The number of methoxy groups -OCH3 is 1. The van der Waals surface area contributed by atoms with Gasteiger partial charge in [0.2, 0.25) is 0 Å². The van der Waals surface area contributed by atoms with Gasteiger partial charge < -0.3 is 15.8 Å². The molecule has 1 heterocycles. The van der Waals surface area contributed by atoms with E-state index in [-0.39, 0.29) is 39.8 Å². The summed E-state index contributed by atoms with van der Waals surface area (Å²) in [7, 11) is 1.32. The van der Waals surface area contributed by atoms with Crippen LogP contribution in [-0.2, 0) is 0 Å². The highest BCUT2D eigenvalue weighted by Gasteiger charge is 2.27. The van der Waals surface area contributed by atoms with Crippen molar-refractivity contribution in [2.45, 2.75) is 18.9 Å². The second kappa shape index (κ2) is 6.46. The van der Waals surface area contributed by atoms with E-state index in [2.05, 4.69) is 15.5 Å². The van der Waals surface area contributed by atoms with E-state index < -0.39 is 17.5 Å². The van der Waals surface area contributed by atoms with E-state index in [1.54, 1.807) is 6.07 Å². The standard InChI is InChI=1S/C19H16F2N4O2/c1-27-13-4-2-3-10(15(13)21)14-12(20)8-7-11-16(22)18(25-24-17(11)14)19(26)23-9-5-6-9/h2-4,7-9H,5-6H2,1H3,(H2,22,24)(H,23,26). The van der Waals surface area contributed by atoms with Crippen molar-refractivity contribution in [2.24, 2.45) is 0 Å². The number of aromatic nitrogens is 2. The van der Waals surface area contributed by atoms with Crippen LogP contribution in [0.4, 0.5) is 14.5 Å². The van der Waals surface area contributed by atoms with Crippen molar-refractivity contribution in [2.75, 3.05) is 12.8 Å². The maximum atomic E-state index is 14.7. The fourth-order valence-corrected chi connectivity index (χ4v) is 2.94. The Labute approximate surface area is 153 Å². The lowest BCUT2D eigenvalue weighted by atomic mass is 9.99. The fraction of sp³-hybridized carbons (Fsp3) is 0.211. The van der Waals surface area contributed by atoms with Crippen molar-refractivity contribution < 1.29 is 18.3 Å². The second-order valence-corrected chi connectivity index (χ2v) is 6.35. The Balaban J connectivity index is 1.90. The molecular weight excluding hydrogens is 354 g/mol. The quantitative estimate of drug-likeness (QED) is 0.737. The molecule has 1 aliphatic rings. The zero-order chi connectivity index (χ0) is 19.1. The first-order valence-corrected chi connectivity index (χ1v) is 8.39. The van der Waals surface area contributed by atoms with Crippen LogP contribution < -0.4 is 15.8 Å². The van der Waals surface area contributed by atoms with Crippen molar-refractivity contribution in [3.63, 3.8) is 0 Å². The van der Waals surface area contributed by atoms with Crippen LogP contribution in [0.3, 0.4) is 0 Å². The number of carbonyl (C=O) groups excluding carboxylic acids is 1. The third kappa shape index (κ3) is 2.92. The summed E-state index contributed by atoms with van der Waals surface area (Å²) in [6, 6.07) is 7.10. The Morgan fingerprint density at radius 2 is 2.00 bits per heavy atom. The van der Waals surface area contributed by atoms with Gasteiger partial charge in [0.1, 0.15) is 11.3 Å². The molecule has 8 heteroatoms. The van der Waals surface area contributed by atoms with Gasteiger partial charge in [-0.2, -0.15) is 0 Å². The van der Waals surface area contributed by atoms with Crippen molar-refractivity contribution in [1.29, 1.82) is 0 Å². The average molecular weight is 370 g/mol. The lowest BCUT2D eigenvalue weighted by molar-refractivity contribution is 0.0946. The molecule has 1 saturated carbocycles. The molecule has 3 N–H and O–H groups in total. The van der Waals surface area contributed by atoms with Gasteiger partial charge in [0.15, 0.2) is 17.3 Å². The van der Waals surface area contributed by atoms with Crippen LogP contribution in [0.25, 0.3) is 22.0 Å². The number of halogens is 2. The molecule has 2 aromatic carbocycles. The molecule has 138 valence electrons. The molecule has 1 amide bonds. The lowest BCUT2D eigenvalue weighted by Crippen LogP contribution is -2.27. The molecule has 1 fully saturated rings. The Hall–Kier alpha value is -3.29. The largest absolute Gasteiger partial charge is 0.494 e. The molecule has 0 unspecified atom stereocenters. The van der Waals surface area contributed by atoms with Crippen LogP contribution in [0.5, 0.6) is 5.75 Å².